The first-order valence-corrected chi connectivity index (χ1v) is 8.10. The van der Waals surface area contributed by atoms with Crippen molar-refractivity contribution in [2.45, 2.75) is 13.5 Å². The second-order valence-corrected chi connectivity index (χ2v) is 5.69. The molecular weight excluding hydrogens is 332 g/mol. The fourth-order valence-corrected chi connectivity index (χ4v) is 2.53. The predicted octanol–water partition coefficient (Wildman–Crippen LogP) is 3.74. The quantitative estimate of drug-likeness (QED) is 0.591. The van der Waals surface area contributed by atoms with Crippen LogP contribution < -0.4 is 5.32 Å². The van der Waals surface area contributed by atoms with Crippen molar-refractivity contribution in [1.29, 1.82) is 0 Å². The summed E-state index contributed by atoms with van der Waals surface area (Å²) in [5, 5.41) is 7.42. The number of rotatable bonds is 5. The average Bonchev–Trinajstić information content (AvgIpc) is 3.40. The number of hydrogen-bond acceptors (Lipinski definition) is 6. The molecule has 7 heteroatoms. The smallest absolute Gasteiger partial charge is 0.281 e. The highest BCUT2D eigenvalue weighted by atomic mass is 16.3. The maximum Gasteiger partial charge on any atom is 0.281 e. The Bertz CT molecular complexity index is 1020. The lowest BCUT2D eigenvalue weighted by atomic mass is 10.2. The number of nitrogens with zero attached hydrogens (tertiary/aromatic N) is 3. The highest BCUT2D eigenvalue weighted by Gasteiger charge is 2.20. The molecule has 0 aliphatic rings. The second kappa shape index (κ2) is 6.72. The zero-order chi connectivity index (χ0) is 17.9. The van der Waals surface area contributed by atoms with Crippen molar-refractivity contribution in [3.05, 3.63) is 77.9 Å². The van der Waals surface area contributed by atoms with Crippen molar-refractivity contribution >= 4 is 11.9 Å². The summed E-state index contributed by atoms with van der Waals surface area (Å²) in [4.78, 5) is 17.2. The molecular formula is C19H16N4O3. The molecule has 4 rings (SSSR count). The Morgan fingerprint density at radius 3 is 2.65 bits per heavy atom. The number of aromatic nitrogens is 3. The normalized spacial score (nSPS) is 10.8. The summed E-state index contributed by atoms with van der Waals surface area (Å²) in [7, 11) is 0. The van der Waals surface area contributed by atoms with Crippen LogP contribution >= 0.6 is 0 Å². The van der Waals surface area contributed by atoms with E-state index in [-0.39, 0.29) is 5.91 Å². The van der Waals surface area contributed by atoms with E-state index in [0.717, 1.165) is 11.5 Å². The summed E-state index contributed by atoms with van der Waals surface area (Å²) in [5.74, 6) is 2.41. The number of anilines is 1. The Kier molecular flexibility index (Phi) is 4.10. The summed E-state index contributed by atoms with van der Waals surface area (Å²) in [6.07, 6.45) is 1.54. The Morgan fingerprint density at radius 1 is 1.12 bits per heavy atom. The van der Waals surface area contributed by atoms with Crippen LogP contribution in [0.1, 0.15) is 21.9 Å². The zero-order valence-electron chi connectivity index (χ0n) is 14.0. The molecule has 0 fully saturated rings. The number of carbonyl (C=O) groups is 1. The Balaban J connectivity index is 1.67. The molecule has 7 nitrogen and oxygen atoms in total. The van der Waals surface area contributed by atoms with Gasteiger partial charge in [0.05, 0.1) is 12.8 Å². The number of carbonyl (C=O) groups excluding carboxylic acids is 1. The maximum absolute atomic E-state index is 12.8. The molecule has 0 saturated carbocycles. The lowest BCUT2D eigenvalue weighted by Gasteiger charge is -2.06. The minimum Gasteiger partial charge on any atom is -0.465 e. The van der Waals surface area contributed by atoms with Crippen LogP contribution in [0.2, 0.25) is 0 Å². The third kappa shape index (κ3) is 3.14. The van der Waals surface area contributed by atoms with Crippen LogP contribution in [0.25, 0.3) is 11.6 Å². The topological polar surface area (TPSA) is 86.1 Å². The molecule has 0 radical (unpaired) electrons. The molecule has 130 valence electrons. The first-order chi connectivity index (χ1) is 12.7. The molecule has 0 aliphatic heterocycles. The van der Waals surface area contributed by atoms with Crippen molar-refractivity contribution in [2.75, 3.05) is 5.32 Å². The molecule has 1 N–H and O–H groups in total. The van der Waals surface area contributed by atoms with E-state index in [9.17, 15) is 4.79 Å². The number of aryl methyl sites for hydroxylation is 1. The van der Waals surface area contributed by atoms with E-state index in [2.05, 4.69) is 15.4 Å². The largest absolute Gasteiger partial charge is 0.465 e. The van der Waals surface area contributed by atoms with E-state index in [1.807, 2.05) is 25.1 Å². The summed E-state index contributed by atoms with van der Waals surface area (Å²) in [6, 6.07) is 16.2. The van der Waals surface area contributed by atoms with Gasteiger partial charge in [0.2, 0.25) is 11.8 Å². The Morgan fingerprint density at radius 2 is 1.96 bits per heavy atom. The fraction of sp³-hybridized carbons (Fsp3) is 0.105. The van der Waals surface area contributed by atoms with Gasteiger partial charge in [-0.2, -0.15) is 9.67 Å². The van der Waals surface area contributed by atoms with Gasteiger partial charge in [0, 0.05) is 5.56 Å². The highest BCUT2D eigenvalue weighted by Crippen LogP contribution is 2.20. The summed E-state index contributed by atoms with van der Waals surface area (Å²) in [6.45, 7) is 2.26. The van der Waals surface area contributed by atoms with Crippen molar-refractivity contribution in [3.63, 3.8) is 0 Å². The fourth-order valence-electron chi connectivity index (χ4n) is 2.53. The molecule has 0 atom stereocenters. The van der Waals surface area contributed by atoms with Gasteiger partial charge in [-0.15, -0.1) is 5.10 Å². The molecule has 0 saturated heterocycles. The minimum atomic E-state index is -0.283. The molecule has 3 aromatic heterocycles. The molecule has 1 aromatic carbocycles. The first-order valence-electron chi connectivity index (χ1n) is 8.10. The van der Waals surface area contributed by atoms with Gasteiger partial charge in [0.15, 0.2) is 5.76 Å². The van der Waals surface area contributed by atoms with Crippen molar-refractivity contribution in [1.82, 2.24) is 14.8 Å². The monoisotopic (exact) mass is 348 g/mol. The van der Waals surface area contributed by atoms with E-state index >= 15 is 0 Å². The van der Waals surface area contributed by atoms with Crippen molar-refractivity contribution < 1.29 is 13.6 Å². The lowest BCUT2D eigenvalue weighted by Crippen LogP contribution is -2.17. The molecule has 0 amide bonds. The molecule has 0 spiro atoms. The average molecular weight is 348 g/mol. The van der Waals surface area contributed by atoms with E-state index in [4.69, 9.17) is 8.83 Å². The van der Waals surface area contributed by atoms with E-state index < -0.39 is 0 Å². The van der Waals surface area contributed by atoms with Gasteiger partial charge in [-0.05, 0) is 43.3 Å². The van der Waals surface area contributed by atoms with Crippen LogP contribution in [0.4, 0.5) is 5.95 Å². The van der Waals surface area contributed by atoms with Gasteiger partial charge in [0.25, 0.3) is 5.91 Å². The first kappa shape index (κ1) is 15.9. The van der Waals surface area contributed by atoms with E-state index in [1.165, 1.54) is 10.9 Å². The second-order valence-electron chi connectivity index (χ2n) is 5.69. The van der Waals surface area contributed by atoms with Crippen molar-refractivity contribution in [2.24, 2.45) is 0 Å². The third-order valence-corrected chi connectivity index (χ3v) is 3.78. The molecule has 0 aliphatic carbocycles. The van der Waals surface area contributed by atoms with Crippen LogP contribution in [-0.2, 0) is 6.54 Å². The van der Waals surface area contributed by atoms with Gasteiger partial charge in [-0.25, -0.2) is 0 Å². The third-order valence-electron chi connectivity index (χ3n) is 3.78. The maximum atomic E-state index is 12.8. The molecule has 3 heterocycles. The van der Waals surface area contributed by atoms with Crippen LogP contribution in [0.3, 0.4) is 0 Å². The van der Waals surface area contributed by atoms with Crippen LogP contribution in [-0.4, -0.2) is 20.7 Å². The van der Waals surface area contributed by atoms with E-state index in [0.29, 0.717) is 29.6 Å². The van der Waals surface area contributed by atoms with Gasteiger partial charge < -0.3 is 14.2 Å². The number of benzene rings is 1. The van der Waals surface area contributed by atoms with E-state index in [1.54, 1.807) is 36.4 Å². The highest BCUT2D eigenvalue weighted by molar-refractivity contribution is 5.97. The Labute approximate surface area is 149 Å². The summed E-state index contributed by atoms with van der Waals surface area (Å²) in [5.41, 5.74) is 0.514. The SMILES string of the molecule is Cc1ccc(CNc2nc(-c3ccco3)nn2C(=O)c2ccccc2)o1. The van der Waals surface area contributed by atoms with Gasteiger partial charge >= 0.3 is 0 Å². The minimum absolute atomic E-state index is 0.283. The molecule has 26 heavy (non-hydrogen) atoms. The van der Waals surface area contributed by atoms with Gasteiger partial charge in [0.1, 0.15) is 11.5 Å². The number of nitrogens with one attached hydrogen (secondary N) is 1. The summed E-state index contributed by atoms with van der Waals surface area (Å²) < 4.78 is 12.1. The number of furan rings is 2. The number of hydrogen-bond donors (Lipinski definition) is 1. The van der Waals surface area contributed by atoms with Crippen molar-refractivity contribution in [3.8, 4) is 11.6 Å². The van der Waals surface area contributed by atoms with Crippen LogP contribution in [0.15, 0.2) is 69.7 Å². The molecule has 4 aromatic rings. The lowest BCUT2D eigenvalue weighted by molar-refractivity contribution is 0.0947. The predicted molar refractivity (Wildman–Crippen MR) is 94.7 cm³/mol. The van der Waals surface area contributed by atoms with Gasteiger partial charge in [-0.3, -0.25) is 4.79 Å². The van der Waals surface area contributed by atoms with Crippen LogP contribution in [0, 0.1) is 6.92 Å². The Hall–Kier alpha value is -3.61. The molecule has 0 unspecified atom stereocenters. The molecule has 0 bridgehead atoms. The van der Waals surface area contributed by atoms with Crippen LogP contribution in [0.5, 0.6) is 0 Å². The summed E-state index contributed by atoms with van der Waals surface area (Å²) >= 11 is 0. The van der Waals surface area contributed by atoms with Gasteiger partial charge in [-0.1, -0.05) is 18.2 Å². The standard InChI is InChI=1S/C19H16N4O3/c1-13-9-10-15(26-13)12-20-19-21-17(16-8-5-11-25-16)22-23(19)18(24)14-6-3-2-4-7-14/h2-11H,12H2,1H3,(H,20,21,22). The zero-order valence-corrected chi connectivity index (χ0v) is 14.0.